The van der Waals surface area contributed by atoms with Gasteiger partial charge in [0, 0.05) is 17.2 Å². The largest absolute Gasteiger partial charge is 0.385 e. The fraction of sp³-hybridized carbons (Fsp3) is 0.188. The Bertz CT molecular complexity index is 776. The predicted octanol–water partition coefficient (Wildman–Crippen LogP) is 1.77. The molecule has 3 aromatic rings. The predicted molar refractivity (Wildman–Crippen MR) is 89.2 cm³/mol. The van der Waals surface area contributed by atoms with Crippen LogP contribution in [0, 0.1) is 0 Å². The summed E-state index contributed by atoms with van der Waals surface area (Å²) >= 11 is 1.70. The number of carbonyl (C=O) groups excluding carboxylic acids is 1. The highest BCUT2D eigenvalue weighted by molar-refractivity contribution is 7.99. The molecular weight excluding hydrogens is 312 g/mol. The van der Waals surface area contributed by atoms with E-state index in [9.17, 15) is 4.79 Å². The molecule has 6 nitrogen and oxygen atoms in total. The van der Waals surface area contributed by atoms with Crippen LogP contribution in [0.15, 0.2) is 59.5 Å². The molecule has 118 valence electrons. The summed E-state index contributed by atoms with van der Waals surface area (Å²) in [6.45, 7) is 0.489. The lowest BCUT2D eigenvalue weighted by molar-refractivity contribution is -0.126. The molecule has 0 unspecified atom stereocenters. The highest BCUT2D eigenvalue weighted by Gasteiger charge is 2.07. The number of para-hydroxylation sites is 1. The Morgan fingerprint density at radius 1 is 1.13 bits per heavy atom. The van der Waals surface area contributed by atoms with Gasteiger partial charge in [-0.25, -0.2) is 0 Å². The summed E-state index contributed by atoms with van der Waals surface area (Å²) in [6.07, 6.45) is 0. The van der Waals surface area contributed by atoms with Gasteiger partial charge in [0.15, 0.2) is 6.61 Å². The van der Waals surface area contributed by atoms with E-state index in [2.05, 4.69) is 15.6 Å². The van der Waals surface area contributed by atoms with Crippen LogP contribution in [0.25, 0.3) is 11.0 Å². The maximum atomic E-state index is 11.8. The van der Waals surface area contributed by atoms with E-state index in [1.807, 2.05) is 54.6 Å². The SMILES string of the molecule is O=C(COn1nnc2ccccc21)NCCSc1ccccc1. The van der Waals surface area contributed by atoms with Crippen LogP contribution in [-0.4, -0.2) is 40.0 Å². The zero-order chi connectivity index (χ0) is 15.9. The zero-order valence-corrected chi connectivity index (χ0v) is 13.2. The molecule has 2 aromatic carbocycles. The smallest absolute Gasteiger partial charge is 0.260 e. The molecule has 0 aliphatic rings. The number of thioether (sulfide) groups is 1. The Morgan fingerprint density at radius 3 is 2.78 bits per heavy atom. The first-order chi connectivity index (χ1) is 11.3. The Morgan fingerprint density at radius 2 is 1.91 bits per heavy atom. The average molecular weight is 328 g/mol. The number of benzene rings is 2. The van der Waals surface area contributed by atoms with E-state index >= 15 is 0 Å². The van der Waals surface area contributed by atoms with Gasteiger partial charge in [-0.05, 0) is 29.5 Å². The van der Waals surface area contributed by atoms with Gasteiger partial charge in [-0.3, -0.25) is 4.79 Å². The first-order valence-electron chi connectivity index (χ1n) is 7.21. The molecule has 0 radical (unpaired) electrons. The fourth-order valence-corrected chi connectivity index (χ4v) is 2.78. The van der Waals surface area contributed by atoms with Crippen LogP contribution < -0.4 is 10.2 Å². The maximum Gasteiger partial charge on any atom is 0.260 e. The molecule has 0 aliphatic heterocycles. The lowest BCUT2D eigenvalue weighted by Crippen LogP contribution is -2.33. The van der Waals surface area contributed by atoms with Gasteiger partial charge < -0.3 is 10.2 Å². The van der Waals surface area contributed by atoms with E-state index in [4.69, 9.17) is 4.84 Å². The third-order valence-electron chi connectivity index (χ3n) is 3.08. The van der Waals surface area contributed by atoms with Crippen molar-refractivity contribution in [1.82, 2.24) is 20.5 Å². The van der Waals surface area contributed by atoms with Gasteiger partial charge in [0.2, 0.25) is 0 Å². The summed E-state index contributed by atoms with van der Waals surface area (Å²) in [6, 6.07) is 17.5. The third-order valence-corrected chi connectivity index (χ3v) is 4.09. The Labute approximate surface area is 137 Å². The molecule has 0 atom stereocenters. The molecular formula is C16H16N4O2S. The Hall–Kier alpha value is -2.54. The molecule has 1 heterocycles. The molecule has 1 N–H and O–H groups in total. The minimum Gasteiger partial charge on any atom is -0.385 e. The van der Waals surface area contributed by atoms with Crippen molar-refractivity contribution < 1.29 is 9.63 Å². The zero-order valence-electron chi connectivity index (χ0n) is 12.4. The minimum absolute atomic E-state index is 0.0939. The van der Waals surface area contributed by atoms with Gasteiger partial charge in [0.25, 0.3) is 5.91 Å². The van der Waals surface area contributed by atoms with Crippen LogP contribution in [0.4, 0.5) is 0 Å². The highest BCUT2D eigenvalue weighted by atomic mass is 32.2. The van der Waals surface area contributed by atoms with E-state index < -0.39 is 0 Å². The lowest BCUT2D eigenvalue weighted by atomic mass is 10.3. The van der Waals surface area contributed by atoms with E-state index in [0.717, 1.165) is 16.8 Å². The van der Waals surface area contributed by atoms with Crippen LogP contribution in [0.3, 0.4) is 0 Å². The van der Waals surface area contributed by atoms with E-state index in [-0.39, 0.29) is 12.5 Å². The van der Waals surface area contributed by atoms with Gasteiger partial charge in [0.05, 0.1) is 0 Å². The number of hydrogen-bond donors (Lipinski definition) is 1. The highest BCUT2D eigenvalue weighted by Crippen LogP contribution is 2.15. The van der Waals surface area contributed by atoms with Crippen molar-refractivity contribution in [3.05, 3.63) is 54.6 Å². The van der Waals surface area contributed by atoms with Crippen molar-refractivity contribution >= 4 is 28.7 Å². The lowest BCUT2D eigenvalue weighted by Gasteiger charge is -2.07. The van der Waals surface area contributed by atoms with Gasteiger partial charge in [-0.2, -0.15) is 0 Å². The number of fused-ring (bicyclic) bond motifs is 1. The molecule has 1 aromatic heterocycles. The first-order valence-corrected chi connectivity index (χ1v) is 8.20. The monoisotopic (exact) mass is 328 g/mol. The number of rotatable bonds is 7. The average Bonchev–Trinajstić information content (AvgIpc) is 3.01. The molecule has 0 saturated carbocycles. The second-order valence-electron chi connectivity index (χ2n) is 4.74. The molecule has 23 heavy (non-hydrogen) atoms. The van der Waals surface area contributed by atoms with Crippen molar-refractivity contribution in [2.45, 2.75) is 4.90 Å². The quantitative estimate of drug-likeness (QED) is 0.529. The number of hydrogen-bond acceptors (Lipinski definition) is 5. The van der Waals surface area contributed by atoms with E-state index in [1.165, 1.54) is 9.74 Å². The van der Waals surface area contributed by atoms with Gasteiger partial charge in [-0.15, -0.1) is 16.9 Å². The number of carbonyl (C=O) groups is 1. The molecule has 3 rings (SSSR count). The molecule has 7 heteroatoms. The van der Waals surface area contributed by atoms with Crippen LogP contribution in [0.5, 0.6) is 0 Å². The van der Waals surface area contributed by atoms with Gasteiger partial charge in [0.1, 0.15) is 11.0 Å². The maximum absolute atomic E-state index is 11.8. The standard InChI is InChI=1S/C16H16N4O2S/c21-16(17-10-11-23-13-6-2-1-3-7-13)12-22-20-15-9-5-4-8-14(15)18-19-20/h1-9H,10-12H2,(H,17,21). The minimum atomic E-state index is -0.182. The summed E-state index contributed by atoms with van der Waals surface area (Å²) in [5, 5.41) is 10.6. The van der Waals surface area contributed by atoms with Crippen LogP contribution >= 0.6 is 11.8 Å². The van der Waals surface area contributed by atoms with Crippen LogP contribution in [0.1, 0.15) is 0 Å². The van der Waals surface area contributed by atoms with E-state index in [0.29, 0.717) is 6.54 Å². The molecule has 1 amide bonds. The second-order valence-corrected chi connectivity index (χ2v) is 5.90. The fourth-order valence-electron chi connectivity index (χ4n) is 1.99. The normalized spacial score (nSPS) is 10.6. The van der Waals surface area contributed by atoms with Crippen molar-refractivity contribution in [2.75, 3.05) is 18.9 Å². The third kappa shape index (κ3) is 4.23. The van der Waals surface area contributed by atoms with Crippen molar-refractivity contribution in [1.29, 1.82) is 0 Å². The van der Waals surface area contributed by atoms with Crippen LogP contribution in [-0.2, 0) is 4.79 Å². The Balaban J connectivity index is 1.40. The van der Waals surface area contributed by atoms with Gasteiger partial charge in [-0.1, -0.05) is 35.2 Å². The number of nitrogens with zero attached hydrogens (tertiary/aromatic N) is 3. The van der Waals surface area contributed by atoms with Crippen molar-refractivity contribution in [3.63, 3.8) is 0 Å². The Kier molecular flexibility index (Phi) is 5.10. The summed E-state index contributed by atoms with van der Waals surface area (Å²) in [7, 11) is 0. The molecule has 0 spiro atoms. The molecule has 0 aliphatic carbocycles. The number of nitrogens with one attached hydrogen (secondary N) is 1. The summed E-state index contributed by atoms with van der Waals surface area (Å²) in [4.78, 5) is 19.6. The second kappa shape index (κ2) is 7.64. The number of aromatic nitrogens is 3. The topological polar surface area (TPSA) is 69.0 Å². The van der Waals surface area contributed by atoms with Crippen molar-refractivity contribution in [2.24, 2.45) is 0 Å². The summed E-state index contributed by atoms with van der Waals surface area (Å²) in [5.74, 6) is 0.625. The van der Waals surface area contributed by atoms with Crippen LogP contribution in [0.2, 0.25) is 0 Å². The molecule has 0 fully saturated rings. The summed E-state index contributed by atoms with van der Waals surface area (Å²) < 4.78 is 0. The first kappa shape index (κ1) is 15.4. The summed E-state index contributed by atoms with van der Waals surface area (Å²) in [5.41, 5.74) is 1.46. The molecule has 0 bridgehead atoms. The van der Waals surface area contributed by atoms with Crippen molar-refractivity contribution in [3.8, 4) is 0 Å². The molecule has 0 saturated heterocycles. The van der Waals surface area contributed by atoms with E-state index in [1.54, 1.807) is 11.8 Å². The number of amides is 1. The van der Waals surface area contributed by atoms with Gasteiger partial charge >= 0.3 is 0 Å².